The van der Waals surface area contributed by atoms with Crippen LogP contribution in [0, 0.1) is 0 Å². The molecule has 0 bridgehead atoms. The summed E-state index contributed by atoms with van der Waals surface area (Å²) in [6.07, 6.45) is 2.01. The smallest absolute Gasteiger partial charge is 0.288 e. The van der Waals surface area contributed by atoms with Crippen LogP contribution in [0.4, 0.5) is 0 Å². The summed E-state index contributed by atoms with van der Waals surface area (Å²) in [6, 6.07) is 13.4. The molecule has 0 atom stereocenters. The van der Waals surface area contributed by atoms with Gasteiger partial charge >= 0.3 is 0 Å². The van der Waals surface area contributed by atoms with Crippen molar-refractivity contribution in [2.24, 2.45) is 0 Å². The van der Waals surface area contributed by atoms with Crippen LogP contribution < -0.4 is 15.4 Å². The van der Waals surface area contributed by atoms with Crippen LogP contribution in [0.25, 0.3) is 0 Å². The monoisotopic (exact) mass is 354 g/mol. The molecule has 134 valence electrons. The van der Waals surface area contributed by atoms with E-state index in [0.717, 1.165) is 0 Å². The third-order valence-corrected chi connectivity index (χ3v) is 3.54. The number of hydrogen-bond donors (Lipinski definition) is 2. The number of carbonyl (C=O) groups excluding carboxylic acids is 2. The number of hydrogen-bond acceptors (Lipinski definition) is 5. The third kappa shape index (κ3) is 4.13. The molecule has 26 heavy (non-hydrogen) atoms. The third-order valence-electron chi connectivity index (χ3n) is 3.54. The highest BCUT2D eigenvalue weighted by Gasteiger charge is 2.21. The molecular weight excluding hydrogens is 336 g/mol. The Balaban J connectivity index is 1.84. The van der Waals surface area contributed by atoms with E-state index < -0.39 is 18.0 Å². The van der Waals surface area contributed by atoms with Gasteiger partial charge in [-0.3, -0.25) is 9.59 Å². The van der Waals surface area contributed by atoms with E-state index in [4.69, 9.17) is 13.6 Å². The Morgan fingerprint density at radius 3 is 2.08 bits per heavy atom. The summed E-state index contributed by atoms with van der Waals surface area (Å²) >= 11 is 0. The molecule has 0 aliphatic rings. The van der Waals surface area contributed by atoms with Crippen LogP contribution in [-0.4, -0.2) is 18.4 Å². The molecule has 0 unspecified atom stereocenters. The van der Waals surface area contributed by atoms with Gasteiger partial charge in [0.1, 0.15) is 11.9 Å². The minimum atomic E-state index is -0.800. The maximum absolute atomic E-state index is 12.4. The standard InChI is InChI=1S/C19H18N2O5/c1-2-24-14-7-3-6-13(12-14)17(20-18(22)15-8-4-10-25-15)21-19(23)16-9-5-11-26-16/h3-12,17H,2H2,1H3,(H,20,22)(H,21,23). The fourth-order valence-corrected chi connectivity index (χ4v) is 2.37. The van der Waals surface area contributed by atoms with Crippen LogP contribution in [0.15, 0.2) is 69.9 Å². The minimum absolute atomic E-state index is 0.142. The average Bonchev–Trinajstić information content (AvgIpc) is 3.35. The van der Waals surface area contributed by atoms with Crippen LogP contribution in [0.3, 0.4) is 0 Å². The highest BCUT2D eigenvalue weighted by atomic mass is 16.5. The molecule has 2 heterocycles. The van der Waals surface area contributed by atoms with Gasteiger partial charge < -0.3 is 24.2 Å². The maximum Gasteiger partial charge on any atom is 0.288 e. The highest BCUT2D eigenvalue weighted by Crippen LogP contribution is 2.19. The predicted octanol–water partition coefficient (Wildman–Crippen LogP) is 3.13. The molecule has 3 rings (SSSR count). The molecule has 0 saturated heterocycles. The fourth-order valence-electron chi connectivity index (χ4n) is 2.37. The molecule has 0 aliphatic heterocycles. The fraction of sp³-hybridized carbons (Fsp3) is 0.158. The van der Waals surface area contributed by atoms with Crippen LogP contribution in [0.5, 0.6) is 5.75 Å². The van der Waals surface area contributed by atoms with E-state index in [2.05, 4.69) is 10.6 Å². The Bertz CT molecular complexity index is 808. The molecular formula is C19H18N2O5. The first-order chi connectivity index (χ1) is 12.7. The molecule has 7 heteroatoms. The molecule has 1 aromatic carbocycles. The van der Waals surface area contributed by atoms with Gasteiger partial charge in [0.25, 0.3) is 11.8 Å². The average molecular weight is 354 g/mol. The van der Waals surface area contributed by atoms with Crippen molar-refractivity contribution in [3.8, 4) is 5.75 Å². The van der Waals surface area contributed by atoms with Gasteiger partial charge in [0.2, 0.25) is 0 Å². The second-order valence-corrected chi connectivity index (χ2v) is 5.34. The Hall–Kier alpha value is -3.48. The van der Waals surface area contributed by atoms with Crippen LogP contribution in [0.1, 0.15) is 39.8 Å². The molecule has 0 spiro atoms. The van der Waals surface area contributed by atoms with E-state index in [9.17, 15) is 9.59 Å². The molecule has 0 aliphatic carbocycles. The maximum atomic E-state index is 12.4. The summed E-state index contributed by atoms with van der Waals surface area (Å²) in [4.78, 5) is 24.7. The lowest BCUT2D eigenvalue weighted by Gasteiger charge is -2.20. The van der Waals surface area contributed by atoms with Crippen molar-refractivity contribution in [3.63, 3.8) is 0 Å². The van der Waals surface area contributed by atoms with Gasteiger partial charge in [-0.25, -0.2) is 0 Å². The highest BCUT2D eigenvalue weighted by molar-refractivity contribution is 5.94. The SMILES string of the molecule is CCOc1cccc(C(NC(=O)c2ccco2)NC(=O)c2ccco2)c1. The minimum Gasteiger partial charge on any atom is -0.494 e. The van der Waals surface area contributed by atoms with Crippen molar-refractivity contribution in [3.05, 3.63) is 78.1 Å². The number of carbonyl (C=O) groups is 2. The summed E-state index contributed by atoms with van der Waals surface area (Å²) in [5.74, 6) is 0.00373. The van der Waals surface area contributed by atoms with E-state index in [0.29, 0.717) is 17.9 Å². The Morgan fingerprint density at radius 2 is 1.58 bits per heavy atom. The molecule has 0 radical (unpaired) electrons. The first-order valence-corrected chi connectivity index (χ1v) is 8.09. The lowest BCUT2D eigenvalue weighted by atomic mass is 10.1. The summed E-state index contributed by atoms with van der Waals surface area (Å²) in [6.45, 7) is 2.38. The molecule has 0 fully saturated rings. The zero-order chi connectivity index (χ0) is 18.4. The summed E-state index contributed by atoms with van der Waals surface area (Å²) in [5, 5.41) is 5.47. The van der Waals surface area contributed by atoms with Crippen molar-refractivity contribution in [2.75, 3.05) is 6.61 Å². The lowest BCUT2D eigenvalue weighted by Crippen LogP contribution is -2.41. The zero-order valence-corrected chi connectivity index (χ0v) is 14.1. The van der Waals surface area contributed by atoms with E-state index in [1.165, 1.54) is 24.7 Å². The largest absolute Gasteiger partial charge is 0.494 e. The normalized spacial score (nSPS) is 10.5. The number of nitrogens with one attached hydrogen (secondary N) is 2. The number of furan rings is 2. The summed E-state index contributed by atoms with van der Waals surface area (Å²) in [7, 11) is 0. The van der Waals surface area contributed by atoms with Crippen molar-refractivity contribution < 1.29 is 23.2 Å². The lowest BCUT2D eigenvalue weighted by molar-refractivity contribution is 0.0853. The number of rotatable bonds is 7. The van der Waals surface area contributed by atoms with E-state index in [1.807, 2.05) is 6.92 Å². The first kappa shape index (κ1) is 17.3. The van der Waals surface area contributed by atoms with E-state index in [-0.39, 0.29) is 11.5 Å². The van der Waals surface area contributed by atoms with Gasteiger partial charge in [-0.05, 0) is 48.9 Å². The van der Waals surface area contributed by atoms with E-state index >= 15 is 0 Å². The van der Waals surface area contributed by atoms with E-state index in [1.54, 1.807) is 36.4 Å². The van der Waals surface area contributed by atoms with Crippen molar-refractivity contribution in [2.45, 2.75) is 13.1 Å². The molecule has 2 aromatic heterocycles. The Morgan fingerprint density at radius 1 is 0.962 bits per heavy atom. The number of amides is 2. The zero-order valence-electron chi connectivity index (χ0n) is 14.1. The second-order valence-electron chi connectivity index (χ2n) is 5.34. The Labute approximate surface area is 149 Å². The van der Waals surface area contributed by atoms with Gasteiger partial charge in [0.15, 0.2) is 11.5 Å². The van der Waals surface area contributed by atoms with Crippen molar-refractivity contribution >= 4 is 11.8 Å². The van der Waals surface area contributed by atoms with Gasteiger partial charge in [0.05, 0.1) is 19.1 Å². The van der Waals surface area contributed by atoms with Crippen molar-refractivity contribution in [1.29, 1.82) is 0 Å². The van der Waals surface area contributed by atoms with Gasteiger partial charge in [-0.1, -0.05) is 12.1 Å². The van der Waals surface area contributed by atoms with Crippen molar-refractivity contribution in [1.82, 2.24) is 10.6 Å². The van der Waals surface area contributed by atoms with Crippen LogP contribution >= 0.6 is 0 Å². The van der Waals surface area contributed by atoms with Crippen LogP contribution in [0.2, 0.25) is 0 Å². The molecule has 2 amide bonds. The second kappa shape index (κ2) is 8.06. The Kier molecular flexibility index (Phi) is 5.38. The number of benzene rings is 1. The van der Waals surface area contributed by atoms with Gasteiger partial charge in [-0.15, -0.1) is 0 Å². The quantitative estimate of drug-likeness (QED) is 0.636. The van der Waals surface area contributed by atoms with Gasteiger partial charge in [-0.2, -0.15) is 0 Å². The van der Waals surface area contributed by atoms with Gasteiger partial charge in [0, 0.05) is 0 Å². The summed E-state index contributed by atoms with van der Waals surface area (Å²) in [5.41, 5.74) is 0.649. The number of ether oxygens (including phenoxy) is 1. The van der Waals surface area contributed by atoms with Crippen LogP contribution in [-0.2, 0) is 0 Å². The molecule has 7 nitrogen and oxygen atoms in total. The molecule has 3 aromatic rings. The topological polar surface area (TPSA) is 93.7 Å². The summed E-state index contributed by atoms with van der Waals surface area (Å²) < 4.78 is 15.7. The molecule has 2 N–H and O–H groups in total. The molecule has 0 saturated carbocycles. The predicted molar refractivity (Wildman–Crippen MR) is 92.7 cm³/mol. The first-order valence-electron chi connectivity index (χ1n) is 8.09.